The van der Waals surface area contributed by atoms with Gasteiger partial charge in [0.05, 0.1) is 23.1 Å². The van der Waals surface area contributed by atoms with E-state index >= 15 is 0 Å². The number of fused-ring (bicyclic) bond motifs is 1. The maximum absolute atomic E-state index is 12.8. The first kappa shape index (κ1) is 15.2. The molecule has 24 heavy (non-hydrogen) atoms. The summed E-state index contributed by atoms with van der Waals surface area (Å²) in [6, 6.07) is 13.0. The molecule has 0 fully saturated rings. The second-order valence-corrected chi connectivity index (χ2v) is 4.99. The molecule has 0 atom stereocenters. The van der Waals surface area contributed by atoms with E-state index < -0.39 is 10.8 Å². The van der Waals surface area contributed by atoms with Crippen LogP contribution in [0.25, 0.3) is 10.9 Å². The smallest absolute Gasteiger partial charge is 0.311 e. The molecule has 2 aromatic carbocycles. The first-order valence-electron chi connectivity index (χ1n) is 6.94. The second-order valence-electron chi connectivity index (χ2n) is 4.99. The van der Waals surface area contributed by atoms with Gasteiger partial charge < -0.3 is 4.74 Å². The van der Waals surface area contributed by atoms with Crippen molar-refractivity contribution in [2.45, 2.75) is 0 Å². The van der Waals surface area contributed by atoms with Gasteiger partial charge in [0, 0.05) is 23.2 Å². The quantitative estimate of drug-likeness (QED) is 0.545. The topological polar surface area (TPSA) is 98.2 Å². The molecular weight excluding hydrogens is 310 g/mol. The van der Waals surface area contributed by atoms with Crippen LogP contribution in [-0.2, 0) is 0 Å². The van der Waals surface area contributed by atoms with Crippen LogP contribution < -0.4 is 4.74 Å². The highest BCUT2D eigenvalue weighted by atomic mass is 16.6. The van der Waals surface area contributed by atoms with Crippen molar-refractivity contribution in [2.24, 2.45) is 0 Å². The van der Waals surface area contributed by atoms with E-state index in [0.29, 0.717) is 16.5 Å². The van der Waals surface area contributed by atoms with E-state index in [-0.39, 0.29) is 17.0 Å². The van der Waals surface area contributed by atoms with Crippen molar-refractivity contribution >= 4 is 22.5 Å². The molecule has 7 nitrogen and oxygen atoms in total. The summed E-state index contributed by atoms with van der Waals surface area (Å²) in [5, 5.41) is 21.0. The van der Waals surface area contributed by atoms with Crippen LogP contribution >= 0.6 is 0 Å². The van der Waals surface area contributed by atoms with Crippen LogP contribution in [-0.4, -0.2) is 22.5 Å². The number of nitrogens with zero attached hydrogens (tertiary/aromatic N) is 3. The van der Waals surface area contributed by atoms with Gasteiger partial charge in [-0.25, -0.2) is 0 Å². The van der Waals surface area contributed by atoms with E-state index in [9.17, 15) is 20.2 Å². The highest BCUT2D eigenvalue weighted by molar-refractivity contribution is 6.04. The molecule has 0 aliphatic heterocycles. The maximum Gasteiger partial charge on any atom is 0.311 e. The van der Waals surface area contributed by atoms with Crippen LogP contribution in [0.4, 0.5) is 5.69 Å². The monoisotopic (exact) mass is 321 g/mol. The van der Waals surface area contributed by atoms with E-state index in [2.05, 4.69) is 0 Å². The lowest BCUT2D eigenvalue weighted by Crippen LogP contribution is -2.11. The summed E-state index contributed by atoms with van der Waals surface area (Å²) in [5.41, 5.74) is 0.771. The van der Waals surface area contributed by atoms with Crippen LogP contribution in [0.3, 0.4) is 0 Å². The number of nitro benzene ring substituents is 1. The first-order chi connectivity index (χ1) is 11.6. The Morgan fingerprint density at radius 3 is 2.71 bits per heavy atom. The highest BCUT2D eigenvalue weighted by Crippen LogP contribution is 2.29. The molecule has 0 saturated heterocycles. The molecule has 0 aliphatic carbocycles. The number of nitro groups is 1. The first-order valence-corrected chi connectivity index (χ1v) is 6.94. The van der Waals surface area contributed by atoms with Gasteiger partial charge in [-0.2, -0.15) is 5.26 Å². The Labute approximate surface area is 136 Å². The van der Waals surface area contributed by atoms with Gasteiger partial charge >= 0.3 is 5.69 Å². The van der Waals surface area contributed by atoms with Gasteiger partial charge in [0.15, 0.2) is 5.75 Å². The second kappa shape index (κ2) is 5.85. The average Bonchev–Trinajstić information content (AvgIpc) is 2.99. The summed E-state index contributed by atoms with van der Waals surface area (Å²) < 4.78 is 6.25. The molecule has 0 bridgehead atoms. The van der Waals surface area contributed by atoms with Crippen molar-refractivity contribution in [3.63, 3.8) is 0 Å². The molecule has 3 rings (SSSR count). The number of aromatic nitrogens is 1. The number of rotatable bonds is 3. The standard InChI is InChI=1S/C17H11N3O4/c1-24-16-7-6-11(8-15(16)20(22)23)17(21)19-10-12(9-18)13-4-2-3-5-14(13)19/h2-8,10H,1H3. The molecule has 0 saturated carbocycles. The zero-order valence-electron chi connectivity index (χ0n) is 12.6. The van der Waals surface area contributed by atoms with Crippen molar-refractivity contribution in [2.75, 3.05) is 7.11 Å². The summed E-state index contributed by atoms with van der Waals surface area (Å²) in [4.78, 5) is 23.3. The van der Waals surface area contributed by atoms with Gasteiger partial charge in [-0.3, -0.25) is 19.5 Å². The third-order valence-electron chi connectivity index (χ3n) is 3.67. The van der Waals surface area contributed by atoms with E-state index in [1.54, 1.807) is 24.3 Å². The minimum absolute atomic E-state index is 0.0756. The van der Waals surface area contributed by atoms with Crippen molar-refractivity contribution in [1.29, 1.82) is 5.26 Å². The van der Waals surface area contributed by atoms with E-state index in [1.165, 1.54) is 36.1 Å². The number of methoxy groups -OCH3 is 1. The Morgan fingerprint density at radius 2 is 2.04 bits per heavy atom. The van der Waals surface area contributed by atoms with Crippen LogP contribution in [0.5, 0.6) is 5.75 Å². The maximum atomic E-state index is 12.8. The van der Waals surface area contributed by atoms with Crippen molar-refractivity contribution in [3.8, 4) is 11.8 Å². The van der Waals surface area contributed by atoms with Crippen molar-refractivity contribution in [1.82, 2.24) is 4.57 Å². The molecule has 1 aromatic heterocycles. The Hall–Kier alpha value is -3.66. The number of nitriles is 1. The zero-order chi connectivity index (χ0) is 17.3. The number of hydrogen-bond donors (Lipinski definition) is 0. The summed E-state index contributed by atoms with van der Waals surface area (Å²) in [6.45, 7) is 0. The molecule has 0 spiro atoms. The van der Waals surface area contributed by atoms with Crippen LogP contribution in [0.2, 0.25) is 0 Å². The van der Waals surface area contributed by atoms with Crippen LogP contribution in [0.15, 0.2) is 48.7 Å². The highest BCUT2D eigenvalue weighted by Gasteiger charge is 2.20. The number of ether oxygens (including phenoxy) is 1. The number of carbonyl (C=O) groups is 1. The Kier molecular flexibility index (Phi) is 3.72. The van der Waals surface area contributed by atoms with Gasteiger partial charge in [0.1, 0.15) is 6.07 Å². The fourth-order valence-electron chi connectivity index (χ4n) is 2.54. The van der Waals surface area contributed by atoms with Gasteiger partial charge in [-0.15, -0.1) is 0 Å². The summed E-state index contributed by atoms with van der Waals surface area (Å²) in [7, 11) is 1.32. The largest absolute Gasteiger partial charge is 0.490 e. The predicted molar refractivity (Wildman–Crippen MR) is 86.0 cm³/mol. The number of carbonyl (C=O) groups excluding carboxylic acids is 1. The Morgan fingerprint density at radius 1 is 1.29 bits per heavy atom. The number of hydrogen-bond acceptors (Lipinski definition) is 5. The Balaban J connectivity index is 2.16. The van der Waals surface area contributed by atoms with E-state index in [0.717, 1.165) is 0 Å². The lowest BCUT2D eigenvalue weighted by molar-refractivity contribution is -0.385. The average molecular weight is 321 g/mol. The fourth-order valence-corrected chi connectivity index (χ4v) is 2.54. The number of para-hydroxylation sites is 1. The zero-order valence-corrected chi connectivity index (χ0v) is 12.6. The van der Waals surface area contributed by atoms with E-state index in [1.807, 2.05) is 6.07 Å². The summed E-state index contributed by atoms with van der Waals surface area (Å²) in [6.07, 6.45) is 1.43. The summed E-state index contributed by atoms with van der Waals surface area (Å²) >= 11 is 0. The molecule has 0 aliphatic rings. The minimum Gasteiger partial charge on any atom is -0.490 e. The minimum atomic E-state index is -0.607. The van der Waals surface area contributed by atoms with Crippen molar-refractivity contribution in [3.05, 3.63) is 69.9 Å². The Bertz CT molecular complexity index is 1010. The lowest BCUT2D eigenvalue weighted by Gasteiger charge is -2.06. The molecule has 0 radical (unpaired) electrons. The fraction of sp³-hybridized carbons (Fsp3) is 0.0588. The number of benzene rings is 2. The normalized spacial score (nSPS) is 10.3. The van der Waals surface area contributed by atoms with Crippen LogP contribution in [0, 0.1) is 21.4 Å². The molecule has 3 aromatic rings. The van der Waals surface area contributed by atoms with Crippen molar-refractivity contribution < 1.29 is 14.5 Å². The van der Waals surface area contributed by atoms with Gasteiger partial charge in [0.25, 0.3) is 5.91 Å². The molecule has 118 valence electrons. The molecular formula is C17H11N3O4. The summed E-state index contributed by atoms with van der Waals surface area (Å²) in [5.74, 6) is -0.384. The lowest BCUT2D eigenvalue weighted by atomic mass is 10.1. The SMILES string of the molecule is COc1ccc(C(=O)n2cc(C#N)c3ccccc32)cc1[N+](=O)[O-]. The van der Waals surface area contributed by atoms with Crippen LogP contribution in [0.1, 0.15) is 15.9 Å². The van der Waals surface area contributed by atoms with Gasteiger partial charge in [-0.1, -0.05) is 18.2 Å². The molecule has 0 unspecified atom stereocenters. The molecule has 1 heterocycles. The van der Waals surface area contributed by atoms with Gasteiger partial charge in [-0.05, 0) is 18.2 Å². The third-order valence-corrected chi connectivity index (χ3v) is 3.67. The predicted octanol–water partition coefficient (Wildman–Crippen LogP) is 3.12. The third kappa shape index (κ3) is 2.36. The molecule has 0 amide bonds. The van der Waals surface area contributed by atoms with Gasteiger partial charge in [0.2, 0.25) is 0 Å². The van der Waals surface area contributed by atoms with E-state index in [4.69, 9.17) is 4.74 Å². The molecule has 7 heteroatoms. The molecule has 0 N–H and O–H groups in total.